The summed E-state index contributed by atoms with van der Waals surface area (Å²) >= 11 is 0. The Morgan fingerprint density at radius 3 is 3.25 bits per heavy atom. The van der Waals surface area contributed by atoms with Crippen LogP contribution in [0.3, 0.4) is 0 Å². The fourth-order valence-corrected chi connectivity index (χ4v) is 1.61. The summed E-state index contributed by atoms with van der Waals surface area (Å²) in [6, 6.07) is 5.49. The van der Waals surface area contributed by atoms with Gasteiger partial charge in [0, 0.05) is 18.1 Å². The number of aliphatic hydroxyl groups excluding tert-OH is 1. The first-order valence-corrected chi connectivity index (χ1v) is 5.28. The molecule has 0 aromatic heterocycles. The average Bonchev–Trinajstić information content (AvgIpc) is 2.66. The lowest BCUT2D eigenvalue weighted by molar-refractivity contribution is 0.140. The molecular formula is C13H14O3. The number of aliphatic hydroxyl groups is 1. The molecule has 1 aliphatic rings. The molecule has 0 aliphatic carbocycles. The van der Waals surface area contributed by atoms with Crippen molar-refractivity contribution in [1.29, 1.82) is 0 Å². The molecule has 1 N–H and O–H groups in total. The van der Waals surface area contributed by atoms with E-state index in [4.69, 9.17) is 9.47 Å². The molecule has 0 saturated carbocycles. The zero-order valence-electron chi connectivity index (χ0n) is 9.19. The second kappa shape index (κ2) is 4.91. The number of hydrogen-bond acceptors (Lipinski definition) is 3. The number of ether oxygens (including phenoxy) is 2. The molecule has 0 bridgehead atoms. The van der Waals surface area contributed by atoms with Crippen molar-refractivity contribution in [1.82, 2.24) is 0 Å². The van der Waals surface area contributed by atoms with Gasteiger partial charge in [0.2, 0.25) is 0 Å². The molecule has 0 radical (unpaired) electrons. The molecule has 1 unspecified atom stereocenters. The predicted octanol–water partition coefficient (Wildman–Crippen LogP) is 1.90. The summed E-state index contributed by atoms with van der Waals surface area (Å²) in [5.74, 6) is 7.22. The van der Waals surface area contributed by atoms with Gasteiger partial charge in [-0.3, -0.25) is 0 Å². The van der Waals surface area contributed by atoms with Crippen LogP contribution in [0.1, 0.15) is 25.0 Å². The maximum absolute atomic E-state index is 9.53. The normalized spacial score (nSPS) is 17.0. The fraction of sp³-hybridized carbons (Fsp3) is 0.385. The van der Waals surface area contributed by atoms with Crippen LogP contribution < -0.4 is 9.47 Å². The van der Waals surface area contributed by atoms with Crippen molar-refractivity contribution in [2.45, 2.75) is 19.4 Å². The van der Waals surface area contributed by atoms with E-state index in [0.29, 0.717) is 19.0 Å². The fourth-order valence-electron chi connectivity index (χ4n) is 1.61. The Bertz CT molecular complexity index is 429. The number of fused-ring (bicyclic) bond motifs is 1. The van der Waals surface area contributed by atoms with Gasteiger partial charge in [0.05, 0.1) is 6.61 Å². The maximum Gasteiger partial charge on any atom is 0.129 e. The van der Waals surface area contributed by atoms with Crippen LogP contribution in [0.2, 0.25) is 0 Å². The van der Waals surface area contributed by atoms with Crippen molar-refractivity contribution in [3.05, 3.63) is 23.8 Å². The molecule has 0 amide bonds. The minimum Gasteiger partial charge on any atom is -0.492 e. The predicted molar refractivity (Wildman–Crippen MR) is 60.5 cm³/mol. The Balaban J connectivity index is 1.98. The first-order valence-electron chi connectivity index (χ1n) is 5.28. The first-order chi connectivity index (χ1) is 7.81. The molecule has 1 aliphatic heterocycles. The topological polar surface area (TPSA) is 38.7 Å². The van der Waals surface area contributed by atoms with E-state index in [9.17, 15) is 5.11 Å². The smallest absolute Gasteiger partial charge is 0.129 e. The van der Waals surface area contributed by atoms with E-state index in [1.807, 2.05) is 25.1 Å². The van der Waals surface area contributed by atoms with Gasteiger partial charge in [0.25, 0.3) is 0 Å². The third-order valence-electron chi connectivity index (χ3n) is 2.41. The SMILES string of the molecule is CC#CCCOc1ccc2c(c1)OCC2O. The lowest BCUT2D eigenvalue weighted by atomic mass is 10.1. The van der Waals surface area contributed by atoms with Gasteiger partial charge in [-0.2, -0.15) is 0 Å². The summed E-state index contributed by atoms with van der Waals surface area (Å²) in [5.41, 5.74) is 0.834. The van der Waals surface area contributed by atoms with Crippen LogP contribution in [0.4, 0.5) is 0 Å². The summed E-state index contributed by atoms with van der Waals surface area (Å²) in [6.07, 6.45) is 0.215. The van der Waals surface area contributed by atoms with Crippen molar-refractivity contribution < 1.29 is 14.6 Å². The second-order valence-corrected chi connectivity index (χ2v) is 3.55. The highest BCUT2D eigenvalue weighted by Crippen LogP contribution is 2.34. The molecule has 16 heavy (non-hydrogen) atoms. The van der Waals surface area contributed by atoms with E-state index in [1.54, 1.807) is 0 Å². The second-order valence-electron chi connectivity index (χ2n) is 3.55. The lowest BCUT2D eigenvalue weighted by Gasteiger charge is -2.06. The Kier molecular flexibility index (Phi) is 3.33. The van der Waals surface area contributed by atoms with E-state index < -0.39 is 6.10 Å². The summed E-state index contributed by atoms with van der Waals surface area (Å²) in [7, 11) is 0. The Hall–Kier alpha value is -1.66. The van der Waals surface area contributed by atoms with Crippen LogP contribution in [0.15, 0.2) is 18.2 Å². The maximum atomic E-state index is 9.53. The van der Waals surface area contributed by atoms with E-state index in [2.05, 4.69) is 11.8 Å². The van der Waals surface area contributed by atoms with Crippen molar-refractivity contribution in [2.75, 3.05) is 13.2 Å². The van der Waals surface area contributed by atoms with Crippen molar-refractivity contribution in [3.63, 3.8) is 0 Å². The Morgan fingerprint density at radius 2 is 2.44 bits per heavy atom. The van der Waals surface area contributed by atoms with Crippen LogP contribution in [-0.4, -0.2) is 18.3 Å². The van der Waals surface area contributed by atoms with Gasteiger partial charge in [-0.05, 0) is 19.1 Å². The minimum absolute atomic E-state index is 0.333. The molecule has 2 rings (SSSR count). The van der Waals surface area contributed by atoms with Gasteiger partial charge in [-0.25, -0.2) is 0 Å². The number of hydrogen-bond donors (Lipinski definition) is 1. The molecule has 1 heterocycles. The summed E-state index contributed by atoms with van der Waals surface area (Å²) in [6.45, 7) is 2.72. The molecule has 0 spiro atoms. The molecular weight excluding hydrogens is 204 g/mol. The van der Waals surface area contributed by atoms with E-state index in [0.717, 1.165) is 17.7 Å². The Labute approximate surface area is 95.0 Å². The van der Waals surface area contributed by atoms with Crippen LogP contribution in [-0.2, 0) is 0 Å². The van der Waals surface area contributed by atoms with E-state index >= 15 is 0 Å². The third kappa shape index (κ3) is 2.29. The van der Waals surface area contributed by atoms with Gasteiger partial charge in [0.15, 0.2) is 0 Å². The largest absolute Gasteiger partial charge is 0.492 e. The molecule has 84 valence electrons. The molecule has 1 aromatic carbocycles. The third-order valence-corrected chi connectivity index (χ3v) is 2.41. The van der Waals surface area contributed by atoms with Crippen molar-refractivity contribution in [3.8, 4) is 23.3 Å². The summed E-state index contributed by atoms with van der Waals surface area (Å²) < 4.78 is 10.8. The first kappa shape index (κ1) is 10.8. The van der Waals surface area contributed by atoms with Gasteiger partial charge < -0.3 is 14.6 Å². The van der Waals surface area contributed by atoms with Gasteiger partial charge in [-0.1, -0.05) is 0 Å². The average molecular weight is 218 g/mol. The zero-order valence-corrected chi connectivity index (χ0v) is 9.19. The summed E-state index contributed by atoms with van der Waals surface area (Å²) in [5, 5.41) is 9.53. The Morgan fingerprint density at radius 1 is 1.56 bits per heavy atom. The van der Waals surface area contributed by atoms with Crippen LogP contribution >= 0.6 is 0 Å². The van der Waals surface area contributed by atoms with Crippen LogP contribution in [0.5, 0.6) is 11.5 Å². The summed E-state index contributed by atoms with van der Waals surface area (Å²) in [4.78, 5) is 0. The molecule has 3 heteroatoms. The molecule has 0 fully saturated rings. The number of rotatable bonds is 3. The highest BCUT2D eigenvalue weighted by molar-refractivity contribution is 5.44. The highest BCUT2D eigenvalue weighted by atomic mass is 16.5. The van der Waals surface area contributed by atoms with Gasteiger partial charge >= 0.3 is 0 Å². The quantitative estimate of drug-likeness (QED) is 0.622. The van der Waals surface area contributed by atoms with E-state index in [-0.39, 0.29) is 0 Å². The van der Waals surface area contributed by atoms with Gasteiger partial charge in [-0.15, -0.1) is 11.8 Å². The van der Waals surface area contributed by atoms with Crippen LogP contribution in [0.25, 0.3) is 0 Å². The molecule has 1 atom stereocenters. The lowest BCUT2D eigenvalue weighted by Crippen LogP contribution is -1.97. The van der Waals surface area contributed by atoms with Crippen molar-refractivity contribution >= 4 is 0 Å². The van der Waals surface area contributed by atoms with E-state index in [1.165, 1.54) is 0 Å². The molecule has 3 nitrogen and oxygen atoms in total. The standard InChI is InChI=1S/C13H14O3/c1-2-3-4-7-15-10-5-6-11-12(14)9-16-13(11)8-10/h5-6,8,12,14H,4,7,9H2,1H3. The zero-order chi connectivity index (χ0) is 11.4. The van der Waals surface area contributed by atoms with Crippen LogP contribution in [0, 0.1) is 11.8 Å². The van der Waals surface area contributed by atoms with Crippen molar-refractivity contribution in [2.24, 2.45) is 0 Å². The van der Waals surface area contributed by atoms with Gasteiger partial charge in [0.1, 0.15) is 24.2 Å². The number of benzene rings is 1. The monoisotopic (exact) mass is 218 g/mol. The molecule has 0 saturated heterocycles. The highest BCUT2D eigenvalue weighted by Gasteiger charge is 2.21. The minimum atomic E-state index is -0.505. The molecule has 1 aromatic rings.